The number of carbonyl (C=O) groups is 3. The van der Waals surface area contributed by atoms with E-state index in [-0.39, 0.29) is 18.0 Å². The summed E-state index contributed by atoms with van der Waals surface area (Å²) < 4.78 is 31.2. The minimum Gasteiger partial charge on any atom is -0.455 e. The van der Waals surface area contributed by atoms with Crippen molar-refractivity contribution in [3.8, 4) is 0 Å². The predicted octanol–water partition coefficient (Wildman–Crippen LogP) is 2.65. The molecule has 0 spiro atoms. The molecular formula is C18H16F2N2O4. The molecule has 136 valence electrons. The molecule has 0 aromatic heterocycles. The minimum absolute atomic E-state index is 0.0814. The number of rotatable bonds is 6. The Morgan fingerprint density at radius 1 is 1.00 bits per heavy atom. The highest BCUT2D eigenvalue weighted by molar-refractivity contribution is 5.93. The number of nitrogens with one attached hydrogen (secondary N) is 2. The maximum Gasteiger partial charge on any atom is 0.310 e. The highest BCUT2D eigenvalue weighted by atomic mass is 19.1. The second kappa shape index (κ2) is 8.70. The molecule has 0 radical (unpaired) electrons. The number of ether oxygens (including phenoxy) is 1. The Morgan fingerprint density at radius 2 is 1.69 bits per heavy atom. The molecule has 0 aliphatic rings. The largest absolute Gasteiger partial charge is 0.455 e. The molecular weight excluding hydrogens is 346 g/mol. The van der Waals surface area contributed by atoms with E-state index in [4.69, 9.17) is 4.74 Å². The summed E-state index contributed by atoms with van der Waals surface area (Å²) in [6, 6.07) is 9.14. The molecule has 2 N–H and O–H groups in total. The number of hydrogen-bond acceptors (Lipinski definition) is 4. The Labute approximate surface area is 148 Å². The maximum absolute atomic E-state index is 13.4. The molecule has 0 bridgehead atoms. The molecule has 0 aliphatic carbocycles. The zero-order chi connectivity index (χ0) is 19.1. The van der Waals surface area contributed by atoms with Gasteiger partial charge in [-0.1, -0.05) is 12.1 Å². The Kier molecular flexibility index (Phi) is 6.37. The van der Waals surface area contributed by atoms with Crippen molar-refractivity contribution in [1.82, 2.24) is 0 Å². The molecule has 0 fully saturated rings. The number of halogens is 2. The Balaban J connectivity index is 1.81. The van der Waals surface area contributed by atoms with Crippen molar-refractivity contribution in [1.29, 1.82) is 0 Å². The molecule has 0 saturated heterocycles. The first-order valence-electron chi connectivity index (χ1n) is 7.60. The fraction of sp³-hybridized carbons (Fsp3) is 0.167. The molecule has 0 aliphatic heterocycles. The van der Waals surface area contributed by atoms with Gasteiger partial charge in [0.2, 0.25) is 5.91 Å². The lowest BCUT2D eigenvalue weighted by Gasteiger charge is -2.08. The van der Waals surface area contributed by atoms with E-state index in [1.54, 1.807) is 24.3 Å². The number of anilines is 2. The lowest BCUT2D eigenvalue weighted by Crippen LogP contribution is -2.22. The van der Waals surface area contributed by atoms with Gasteiger partial charge in [0.25, 0.3) is 5.91 Å². The van der Waals surface area contributed by atoms with Gasteiger partial charge in [0.15, 0.2) is 6.61 Å². The average Bonchev–Trinajstić information content (AvgIpc) is 2.58. The molecule has 2 aromatic rings. The molecule has 0 unspecified atom stereocenters. The Hall–Kier alpha value is -3.29. The summed E-state index contributed by atoms with van der Waals surface area (Å²) in [6.45, 7) is 0.755. The first-order valence-corrected chi connectivity index (χ1v) is 7.60. The number of hydrogen-bond donors (Lipinski definition) is 2. The molecule has 0 atom stereocenters. The standard InChI is InChI=1S/C18H16F2N2O4/c1-11(23)21-14-5-2-12(3-6-14)8-18(25)26-10-17(24)22-16-9-13(19)4-7-15(16)20/h2-7,9H,8,10H2,1H3,(H,21,23)(H,22,24). The summed E-state index contributed by atoms with van der Waals surface area (Å²) in [5, 5.41) is 4.72. The first kappa shape index (κ1) is 19.0. The molecule has 0 heterocycles. The van der Waals surface area contributed by atoms with Crippen LogP contribution in [0.5, 0.6) is 0 Å². The number of esters is 1. The summed E-state index contributed by atoms with van der Waals surface area (Å²) >= 11 is 0. The van der Waals surface area contributed by atoms with Crippen molar-refractivity contribution >= 4 is 29.2 Å². The van der Waals surface area contributed by atoms with Crippen LogP contribution >= 0.6 is 0 Å². The average molecular weight is 362 g/mol. The maximum atomic E-state index is 13.4. The monoisotopic (exact) mass is 362 g/mol. The van der Waals surface area contributed by atoms with Crippen molar-refractivity contribution in [3.05, 3.63) is 59.7 Å². The van der Waals surface area contributed by atoms with Gasteiger partial charge in [0.1, 0.15) is 11.6 Å². The van der Waals surface area contributed by atoms with E-state index in [1.807, 2.05) is 0 Å². The van der Waals surface area contributed by atoms with Crippen molar-refractivity contribution in [2.24, 2.45) is 0 Å². The van der Waals surface area contributed by atoms with Gasteiger partial charge in [-0.25, -0.2) is 8.78 Å². The van der Waals surface area contributed by atoms with Gasteiger partial charge in [-0.05, 0) is 29.8 Å². The lowest BCUT2D eigenvalue weighted by atomic mass is 10.1. The van der Waals surface area contributed by atoms with E-state index >= 15 is 0 Å². The first-order chi connectivity index (χ1) is 12.3. The minimum atomic E-state index is -0.801. The van der Waals surface area contributed by atoms with Crippen LogP contribution in [0.3, 0.4) is 0 Å². The van der Waals surface area contributed by atoms with Crippen LogP contribution < -0.4 is 10.6 Å². The third-order valence-electron chi connectivity index (χ3n) is 3.19. The van der Waals surface area contributed by atoms with E-state index < -0.39 is 30.1 Å². The highest BCUT2D eigenvalue weighted by Crippen LogP contribution is 2.15. The third-order valence-corrected chi connectivity index (χ3v) is 3.19. The Morgan fingerprint density at radius 3 is 2.35 bits per heavy atom. The summed E-state index contributed by atoms with van der Waals surface area (Å²) in [4.78, 5) is 34.3. The van der Waals surface area contributed by atoms with Gasteiger partial charge in [0.05, 0.1) is 12.1 Å². The van der Waals surface area contributed by atoms with Gasteiger partial charge in [-0.3, -0.25) is 14.4 Å². The van der Waals surface area contributed by atoms with Crippen LogP contribution in [-0.4, -0.2) is 24.4 Å². The molecule has 8 heteroatoms. The molecule has 6 nitrogen and oxygen atoms in total. The molecule has 2 amide bonds. The van der Waals surface area contributed by atoms with E-state index in [9.17, 15) is 23.2 Å². The fourth-order valence-electron chi connectivity index (χ4n) is 2.05. The molecule has 0 saturated carbocycles. The van der Waals surface area contributed by atoms with Crippen LogP contribution in [0.15, 0.2) is 42.5 Å². The quantitative estimate of drug-likeness (QED) is 0.774. The fourth-order valence-corrected chi connectivity index (χ4v) is 2.05. The van der Waals surface area contributed by atoms with Gasteiger partial charge < -0.3 is 15.4 Å². The van der Waals surface area contributed by atoms with Crippen molar-refractivity contribution in [3.63, 3.8) is 0 Å². The van der Waals surface area contributed by atoms with Crippen molar-refractivity contribution in [2.75, 3.05) is 17.2 Å². The zero-order valence-electron chi connectivity index (χ0n) is 13.8. The normalized spacial score (nSPS) is 10.1. The highest BCUT2D eigenvalue weighted by Gasteiger charge is 2.11. The molecule has 2 aromatic carbocycles. The summed E-state index contributed by atoms with van der Waals surface area (Å²) in [5.74, 6) is -3.17. The lowest BCUT2D eigenvalue weighted by molar-refractivity contribution is -0.146. The van der Waals surface area contributed by atoms with Gasteiger partial charge >= 0.3 is 5.97 Å². The van der Waals surface area contributed by atoms with Gasteiger partial charge in [0, 0.05) is 18.7 Å². The van der Waals surface area contributed by atoms with Crippen molar-refractivity contribution < 1.29 is 27.9 Å². The van der Waals surface area contributed by atoms with E-state index in [1.165, 1.54) is 6.92 Å². The summed E-state index contributed by atoms with van der Waals surface area (Å²) in [7, 11) is 0. The van der Waals surface area contributed by atoms with Crippen LogP contribution in [0.25, 0.3) is 0 Å². The second-order valence-electron chi connectivity index (χ2n) is 5.39. The number of amides is 2. The van der Waals surface area contributed by atoms with Gasteiger partial charge in [-0.15, -0.1) is 0 Å². The SMILES string of the molecule is CC(=O)Nc1ccc(CC(=O)OCC(=O)Nc2cc(F)ccc2F)cc1. The van der Waals surface area contributed by atoms with E-state index in [0.717, 1.165) is 18.2 Å². The topological polar surface area (TPSA) is 84.5 Å². The van der Waals surface area contributed by atoms with Gasteiger partial charge in [-0.2, -0.15) is 0 Å². The molecule has 26 heavy (non-hydrogen) atoms. The zero-order valence-corrected chi connectivity index (χ0v) is 13.8. The van der Waals surface area contributed by atoms with Crippen LogP contribution in [0, 0.1) is 11.6 Å². The second-order valence-corrected chi connectivity index (χ2v) is 5.39. The van der Waals surface area contributed by atoms with E-state index in [2.05, 4.69) is 10.6 Å². The van der Waals surface area contributed by atoms with Crippen molar-refractivity contribution in [2.45, 2.75) is 13.3 Å². The van der Waals surface area contributed by atoms with Crippen LogP contribution in [-0.2, 0) is 25.5 Å². The summed E-state index contributed by atoms with van der Waals surface area (Å²) in [5.41, 5.74) is 0.881. The van der Waals surface area contributed by atoms with Crippen LogP contribution in [0.2, 0.25) is 0 Å². The Bertz CT molecular complexity index is 822. The van der Waals surface area contributed by atoms with Crippen LogP contribution in [0.4, 0.5) is 20.2 Å². The number of benzene rings is 2. The van der Waals surface area contributed by atoms with E-state index in [0.29, 0.717) is 11.3 Å². The van der Waals surface area contributed by atoms with Crippen LogP contribution in [0.1, 0.15) is 12.5 Å². The predicted molar refractivity (Wildman–Crippen MR) is 90.4 cm³/mol. The molecule has 2 rings (SSSR count). The smallest absolute Gasteiger partial charge is 0.310 e. The summed E-state index contributed by atoms with van der Waals surface area (Å²) in [6.07, 6.45) is -0.0814. The third kappa shape index (κ3) is 5.97. The number of carbonyl (C=O) groups excluding carboxylic acids is 3.